The van der Waals surface area contributed by atoms with Crippen LogP contribution in [0.15, 0.2) is 24.3 Å². The Bertz CT molecular complexity index is 521. The van der Waals surface area contributed by atoms with Crippen molar-refractivity contribution in [2.45, 2.75) is 50.7 Å². The van der Waals surface area contributed by atoms with Crippen molar-refractivity contribution in [3.63, 3.8) is 0 Å². The third-order valence-corrected chi connectivity index (χ3v) is 5.65. The van der Waals surface area contributed by atoms with Crippen molar-refractivity contribution >= 4 is 0 Å². The molecule has 0 unspecified atom stereocenters. The lowest BCUT2D eigenvalue weighted by atomic mass is 9.54. The standard InChI is InChI=1S/C18H21NO/c19-11-16-3-1-2-4-17(16)12-20-18-8-13-5-14(9-18)7-15(6-13)10-18/h1-4,13-15H,5-10,12H2. The van der Waals surface area contributed by atoms with Crippen LogP contribution in [-0.4, -0.2) is 5.60 Å². The predicted molar refractivity (Wildman–Crippen MR) is 76.8 cm³/mol. The molecule has 0 saturated heterocycles. The third kappa shape index (κ3) is 2.05. The Labute approximate surface area is 120 Å². The number of hydrogen-bond donors (Lipinski definition) is 0. The molecule has 0 atom stereocenters. The zero-order valence-corrected chi connectivity index (χ0v) is 11.8. The Kier molecular flexibility index (Phi) is 2.86. The molecule has 0 N–H and O–H groups in total. The van der Waals surface area contributed by atoms with Crippen LogP contribution in [0.1, 0.15) is 49.7 Å². The maximum atomic E-state index is 9.17. The number of hydrogen-bond acceptors (Lipinski definition) is 2. The van der Waals surface area contributed by atoms with Gasteiger partial charge in [0, 0.05) is 0 Å². The lowest BCUT2D eigenvalue weighted by Crippen LogP contribution is -2.51. The van der Waals surface area contributed by atoms with Gasteiger partial charge in [-0.25, -0.2) is 0 Å². The van der Waals surface area contributed by atoms with Gasteiger partial charge in [0.15, 0.2) is 0 Å². The fraction of sp³-hybridized carbons (Fsp3) is 0.611. The molecule has 2 heteroatoms. The van der Waals surface area contributed by atoms with Crippen LogP contribution in [0.2, 0.25) is 0 Å². The van der Waals surface area contributed by atoms with Crippen LogP contribution < -0.4 is 0 Å². The summed E-state index contributed by atoms with van der Waals surface area (Å²) in [5.41, 5.74) is 1.94. The van der Waals surface area contributed by atoms with Gasteiger partial charge < -0.3 is 4.74 Å². The molecule has 0 radical (unpaired) electrons. The van der Waals surface area contributed by atoms with E-state index in [0.29, 0.717) is 6.61 Å². The first-order chi connectivity index (χ1) is 9.76. The topological polar surface area (TPSA) is 33.0 Å². The molecule has 1 aromatic rings. The first-order valence-corrected chi connectivity index (χ1v) is 7.88. The van der Waals surface area contributed by atoms with Crippen LogP contribution in [0.4, 0.5) is 0 Å². The molecule has 5 rings (SSSR count). The van der Waals surface area contributed by atoms with Gasteiger partial charge >= 0.3 is 0 Å². The lowest BCUT2D eigenvalue weighted by molar-refractivity contribution is -0.168. The Balaban J connectivity index is 1.51. The molecule has 0 heterocycles. The summed E-state index contributed by atoms with van der Waals surface area (Å²) >= 11 is 0. The van der Waals surface area contributed by atoms with E-state index < -0.39 is 0 Å². The molecule has 4 bridgehead atoms. The van der Waals surface area contributed by atoms with E-state index in [0.717, 1.165) is 28.9 Å². The van der Waals surface area contributed by atoms with Crippen molar-refractivity contribution in [1.82, 2.24) is 0 Å². The average molecular weight is 267 g/mol. The summed E-state index contributed by atoms with van der Waals surface area (Å²) in [5, 5.41) is 9.17. The second-order valence-corrected chi connectivity index (χ2v) is 7.16. The molecule has 0 spiro atoms. The van der Waals surface area contributed by atoms with Crippen LogP contribution >= 0.6 is 0 Å². The van der Waals surface area contributed by atoms with Gasteiger partial charge in [-0.3, -0.25) is 0 Å². The summed E-state index contributed by atoms with van der Waals surface area (Å²) < 4.78 is 6.42. The van der Waals surface area contributed by atoms with E-state index in [1.165, 1.54) is 38.5 Å². The molecule has 4 saturated carbocycles. The number of ether oxygens (including phenoxy) is 1. The molecule has 2 nitrogen and oxygen atoms in total. The molecule has 0 aliphatic heterocycles. The van der Waals surface area contributed by atoms with Crippen molar-refractivity contribution in [3.8, 4) is 6.07 Å². The minimum Gasteiger partial charge on any atom is -0.370 e. The van der Waals surface area contributed by atoms with Gasteiger partial charge in [-0.15, -0.1) is 0 Å². The molecule has 20 heavy (non-hydrogen) atoms. The Hall–Kier alpha value is -1.33. The van der Waals surface area contributed by atoms with Gasteiger partial charge in [0.25, 0.3) is 0 Å². The second kappa shape index (κ2) is 4.60. The highest BCUT2D eigenvalue weighted by Crippen LogP contribution is 2.57. The summed E-state index contributed by atoms with van der Waals surface area (Å²) in [6.07, 6.45) is 8.10. The highest BCUT2D eigenvalue weighted by atomic mass is 16.5. The fourth-order valence-electron chi connectivity index (χ4n) is 5.19. The van der Waals surface area contributed by atoms with Gasteiger partial charge in [-0.2, -0.15) is 5.26 Å². The number of benzene rings is 1. The molecule has 104 valence electrons. The molecule has 4 aliphatic carbocycles. The maximum Gasteiger partial charge on any atom is 0.0995 e. The van der Waals surface area contributed by atoms with Crippen LogP contribution in [0.25, 0.3) is 0 Å². The Morgan fingerprint density at radius 1 is 1.05 bits per heavy atom. The van der Waals surface area contributed by atoms with E-state index in [4.69, 9.17) is 4.74 Å². The summed E-state index contributed by atoms with van der Waals surface area (Å²) in [6.45, 7) is 0.607. The zero-order chi connectivity index (χ0) is 13.6. The van der Waals surface area contributed by atoms with E-state index in [1.807, 2.05) is 24.3 Å². The van der Waals surface area contributed by atoms with Crippen molar-refractivity contribution in [2.75, 3.05) is 0 Å². The lowest BCUT2D eigenvalue weighted by Gasteiger charge is -2.56. The molecular weight excluding hydrogens is 246 g/mol. The smallest absolute Gasteiger partial charge is 0.0995 e. The first-order valence-electron chi connectivity index (χ1n) is 7.88. The van der Waals surface area contributed by atoms with Gasteiger partial charge in [0.1, 0.15) is 0 Å². The number of rotatable bonds is 3. The highest BCUT2D eigenvalue weighted by Gasteiger charge is 2.51. The van der Waals surface area contributed by atoms with E-state index >= 15 is 0 Å². The van der Waals surface area contributed by atoms with Gasteiger partial charge in [-0.1, -0.05) is 18.2 Å². The van der Waals surface area contributed by atoms with Crippen molar-refractivity contribution in [2.24, 2.45) is 17.8 Å². The van der Waals surface area contributed by atoms with Gasteiger partial charge in [-0.05, 0) is 67.9 Å². The van der Waals surface area contributed by atoms with Gasteiger partial charge in [0.2, 0.25) is 0 Å². The second-order valence-electron chi connectivity index (χ2n) is 7.16. The van der Waals surface area contributed by atoms with Crippen molar-refractivity contribution in [1.29, 1.82) is 5.26 Å². The Morgan fingerprint density at radius 2 is 1.65 bits per heavy atom. The Morgan fingerprint density at radius 3 is 2.25 bits per heavy atom. The van der Waals surface area contributed by atoms with Crippen LogP contribution in [0, 0.1) is 29.1 Å². The summed E-state index contributed by atoms with van der Waals surface area (Å²) in [6, 6.07) is 10.1. The fourth-order valence-corrected chi connectivity index (χ4v) is 5.19. The van der Waals surface area contributed by atoms with E-state index in [1.54, 1.807) is 0 Å². The predicted octanol–water partition coefficient (Wildman–Crippen LogP) is 4.04. The third-order valence-electron chi connectivity index (χ3n) is 5.65. The summed E-state index contributed by atoms with van der Waals surface area (Å²) in [5.74, 6) is 2.73. The molecule has 0 amide bonds. The summed E-state index contributed by atoms with van der Waals surface area (Å²) in [4.78, 5) is 0. The van der Waals surface area contributed by atoms with Crippen molar-refractivity contribution < 1.29 is 4.74 Å². The van der Waals surface area contributed by atoms with E-state index in [9.17, 15) is 5.26 Å². The number of nitriles is 1. The van der Waals surface area contributed by atoms with E-state index in [2.05, 4.69) is 6.07 Å². The zero-order valence-electron chi connectivity index (χ0n) is 11.8. The van der Waals surface area contributed by atoms with E-state index in [-0.39, 0.29) is 5.60 Å². The molecule has 4 aliphatic rings. The molecule has 0 aromatic heterocycles. The quantitative estimate of drug-likeness (QED) is 0.828. The summed E-state index contributed by atoms with van der Waals surface area (Å²) in [7, 11) is 0. The SMILES string of the molecule is N#Cc1ccccc1COC12CC3CC(CC(C3)C1)C2. The maximum absolute atomic E-state index is 9.17. The minimum absolute atomic E-state index is 0.136. The first kappa shape index (κ1) is 12.4. The molecule has 1 aromatic carbocycles. The monoisotopic (exact) mass is 267 g/mol. The number of nitrogens with zero attached hydrogens (tertiary/aromatic N) is 1. The highest BCUT2D eigenvalue weighted by molar-refractivity contribution is 5.36. The minimum atomic E-state index is 0.136. The molecular formula is C18H21NO. The van der Waals surface area contributed by atoms with Crippen LogP contribution in [0.3, 0.4) is 0 Å². The molecule has 4 fully saturated rings. The average Bonchev–Trinajstić information content (AvgIpc) is 2.44. The van der Waals surface area contributed by atoms with Gasteiger partial charge in [0.05, 0.1) is 23.8 Å². The van der Waals surface area contributed by atoms with Crippen LogP contribution in [-0.2, 0) is 11.3 Å². The van der Waals surface area contributed by atoms with Crippen molar-refractivity contribution in [3.05, 3.63) is 35.4 Å². The largest absolute Gasteiger partial charge is 0.370 e. The normalized spacial score (nSPS) is 37.9. The van der Waals surface area contributed by atoms with Crippen LogP contribution in [0.5, 0.6) is 0 Å².